The van der Waals surface area contributed by atoms with Gasteiger partial charge in [0, 0.05) is 17.1 Å². The lowest BCUT2D eigenvalue weighted by atomic mass is 10.0. The number of hydrogen-bond donors (Lipinski definition) is 0. The molecule has 0 bridgehead atoms. The highest BCUT2D eigenvalue weighted by Crippen LogP contribution is 2.41. The van der Waals surface area contributed by atoms with Crippen molar-refractivity contribution in [2.24, 2.45) is 0 Å². The van der Waals surface area contributed by atoms with E-state index in [0.29, 0.717) is 39.3 Å². The second kappa shape index (κ2) is 7.57. The highest BCUT2D eigenvalue weighted by atomic mass is 19.4. The average Bonchev–Trinajstić information content (AvgIpc) is 3.18. The molecule has 9 heteroatoms. The molecule has 162 valence electrons. The number of rotatable bonds is 5. The summed E-state index contributed by atoms with van der Waals surface area (Å²) in [5, 5.41) is 1.22. The second-order valence-electron chi connectivity index (χ2n) is 6.68. The van der Waals surface area contributed by atoms with Gasteiger partial charge >= 0.3 is 6.18 Å². The van der Waals surface area contributed by atoms with Gasteiger partial charge in [0.05, 0.1) is 39.6 Å². The van der Waals surface area contributed by atoms with Gasteiger partial charge in [0.2, 0.25) is 5.82 Å². The van der Waals surface area contributed by atoms with Crippen molar-refractivity contribution in [1.29, 1.82) is 0 Å². The van der Waals surface area contributed by atoms with Crippen LogP contribution in [0.15, 0.2) is 42.6 Å². The first-order chi connectivity index (χ1) is 14.8. The predicted molar refractivity (Wildman–Crippen MR) is 109 cm³/mol. The maximum atomic E-state index is 13.8. The number of benzene rings is 2. The van der Waals surface area contributed by atoms with E-state index in [1.807, 2.05) is 0 Å². The van der Waals surface area contributed by atoms with E-state index in [1.54, 1.807) is 36.4 Å². The van der Waals surface area contributed by atoms with E-state index in [0.717, 1.165) is 4.40 Å². The number of methoxy groups -OCH3 is 4. The first-order valence-corrected chi connectivity index (χ1v) is 9.18. The molecule has 0 saturated heterocycles. The van der Waals surface area contributed by atoms with Gasteiger partial charge in [0.1, 0.15) is 0 Å². The Balaban J connectivity index is 2.12. The van der Waals surface area contributed by atoms with Crippen LogP contribution < -0.4 is 18.9 Å². The number of halogens is 3. The molecular formula is C22H19F3N2O4. The molecule has 4 rings (SSSR count). The summed E-state index contributed by atoms with van der Waals surface area (Å²) in [6.07, 6.45) is -3.30. The predicted octanol–water partition coefficient (Wildman–Crippen LogP) is 5.21. The summed E-state index contributed by atoms with van der Waals surface area (Å²) < 4.78 is 63.7. The molecule has 0 N–H and O–H groups in total. The Hall–Kier alpha value is -3.62. The van der Waals surface area contributed by atoms with E-state index in [4.69, 9.17) is 18.9 Å². The summed E-state index contributed by atoms with van der Waals surface area (Å²) in [5.74, 6) is 0.693. The van der Waals surface area contributed by atoms with Crippen molar-refractivity contribution in [3.05, 3.63) is 48.4 Å². The van der Waals surface area contributed by atoms with Crippen LogP contribution in [0.2, 0.25) is 0 Å². The van der Waals surface area contributed by atoms with Crippen LogP contribution in [0.1, 0.15) is 5.82 Å². The van der Waals surface area contributed by atoms with Gasteiger partial charge in [-0.2, -0.15) is 13.2 Å². The van der Waals surface area contributed by atoms with Crippen LogP contribution in [0.3, 0.4) is 0 Å². The Labute approximate surface area is 175 Å². The topological polar surface area (TPSA) is 54.2 Å². The van der Waals surface area contributed by atoms with Gasteiger partial charge < -0.3 is 18.9 Å². The quantitative estimate of drug-likeness (QED) is 0.434. The van der Waals surface area contributed by atoms with Crippen molar-refractivity contribution in [3.63, 3.8) is 0 Å². The average molecular weight is 432 g/mol. The number of ether oxygens (including phenoxy) is 4. The van der Waals surface area contributed by atoms with E-state index >= 15 is 0 Å². The molecule has 4 aromatic rings. The monoisotopic (exact) mass is 432 g/mol. The van der Waals surface area contributed by atoms with Gasteiger partial charge in [-0.1, -0.05) is 0 Å². The Morgan fingerprint density at radius 1 is 0.774 bits per heavy atom. The zero-order valence-electron chi connectivity index (χ0n) is 17.2. The van der Waals surface area contributed by atoms with Crippen LogP contribution in [0.25, 0.3) is 27.5 Å². The van der Waals surface area contributed by atoms with Gasteiger partial charge in [-0.15, -0.1) is 0 Å². The van der Waals surface area contributed by atoms with Gasteiger partial charge in [-0.05, 0) is 41.8 Å². The molecule has 2 aromatic carbocycles. The number of imidazole rings is 1. The van der Waals surface area contributed by atoms with Crippen molar-refractivity contribution in [1.82, 2.24) is 9.38 Å². The third-order valence-corrected chi connectivity index (χ3v) is 5.04. The number of fused-ring (bicyclic) bond motifs is 3. The molecule has 31 heavy (non-hydrogen) atoms. The number of alkyl halides is 3. The zero-order chi connectivity index (χ0) is 22.3. The molecule has 0 radical (unpaired) electrons. The molecule has 2 heterocycles. The summed E-state index contributed by atoms with van der Waals surface area (Å²) in [7, 11) is 5.91. The molecule has 6 nitrogen and oxygen atoms in total. The Kier molecular flexibility index (Phi) is 5.04. The van der Waals surface area contributed by atoms with Crippen LogP contribution in [-0.4, -0.2) is 37.8 Å². The minimum absolute atomic E-state index is 0.158. The summed E-state index contributed by atoms with van der Waals surface area (Å²) in [5.41, 5.74) is 0.900. The summed E-state index contributed by atoms with van der Waals surface area (Å²) >= 11 is 0. The molecule has 0 saturated carbocycles. The van der Waals surface area contributed by atoms with Gasteiger partial charge in [-0.25, -0.2) is 4.98 Å². The molecule has 0 amide bonds. The normalized spacial score (nSPS) is 11.7. The van der Waals surface area contributed by atoms with Crippen molar-refractivity contribution in [2.45, 2.75) is 6.18 Å². The maximum absolute atomic E-state index is 13.8. The second-order valence-corrected chi connectivity index (χ2v) is 6.68. The lowest BCUT2D eigenvalue weighted by Gasteiger charge is -2.12. The third kappa shape index (κ3) is 3.35. The molecule has 2 aromatic heterocycles. The van der Waals surface area contributed by atoms with Crippen molar-refractivity contribution in [2.75, 3.05) is 28.4 Å². The van der Waals surface area contributed by atoms with Crippen LogP contribution in [-0.2, 0) is 6.18 Å². The van der Waals surface area contributed by atoms with Gasteiger partial charge in [0.25, 0.3) is 0 Å². The molecule has 0 spiro atoms. The molecular weight excluding hydrogens is 413 g/mol. The number of pyridine rings is 1. The minimum Gasteiger partial charge on any atom is -0.493 e. The van der Waals surface area contributed by atoms with Crippen molar-refractivity contribution >= 4 is 16.3 Å². The maximum Gasteiger partial charge on any atom is 0.450 e. The standard InChI is InChI=1S/C22H19F3N2O4/c1-28-15-6-5-13(10-16(15)29-2)19-20-14-11-18(31-4)17(30-3)9-12(14)7-8-27(20)21(26-19)22(23,24)25/h5-11H,1-4H3. The highest BCUT2D eigenvalue weighted by molar-refractivity contribution is 6.04. The Bertz CT molecular complexity index is 1280. The molecule has 0 aliphatic heterocycles. The first kappa shape index (κ1) is 20.6. The van der Waals surface area contributed by atoms with Crippen molar-refractivity contribution in [3.8, 4) is 34.3 Å². The summed E-state index contributed by atoms with van der Waals surface area (Å²) in [4.78, 5) is 3.98. The molecule has 0 fully saturated rings. The third-order valence-electron chi connectivity index (χ3n) is 5.04. The molecule has 0 unspecified atom stereocenters. The molecule has 0 atom stereocenters. The zero-order valence-corrected chi connectivity index (χ0v) is 17.2. The number of aromatic nitrogens is 2. The van der Waals surface area contributed by atoms with Gasteiger partial charge in [0.15, 0.2) is 23.0 Å². The summed E-state index contributed by atoms with van der Waals surface area (Å²) in [6.45, 7) is 0. The van der Waals surface area contributed by atoms with Crippen LogP contribution in [0, 0.1) is 0 Å². The molecule has 0 aliphatic carbocycles. The lowest BCUT2D eigenvalue weighted by molar-refractivity contribution is -0.145. The minimum atomic E-state index is -4.65. The van der Waals surface area contributed by atoms with Crippen molar-refractivity contribution < 1.29 is 32.1 Å². The molecule has 0 aliphatic rings. The first-order valence-electron chi connectivity index (χ1n) is 9.18. The fourth-order valence-electron chi connectivity index (χ4n) is 3.61. The van der Waals surface area contributed by atoms with E-state index < -0.39 is 12.0 Å². The van der Waals surface area contributed by atoms with E-state index in [1.165, 1.54) is 34.6 Å². The number of nitrogens with zero attached hydrogens (tertiary/aromatic N) is 2. The van der Waals surface area contributed by atoms with Crippen LogP contribution in [0.4, 0.5) is 13.2 Å². The van der Waals surface area contributed by atoms with Gasteiger partial charge in [-0.3, -0.25) is 4.40 Å². The Morgan fingerprint density at radius 3 is 2.00 bits per heavy atom. The fourth-order valence-corrected chi connectivity index (χ4v) is 3.61. The van der Waals surface area contributed by atoms with E-state index in [-0.39, 0.29) is 11.2 Å². The fraction of sp³-hybridized carbons (Fsp3) is 0.227. The summed E-state index contributed by atoms with van der Waals surface area (Å²) in [6, 6.07) is 9.81. The van der Waals surface area contributed by atoms with Crippen LogP contribution >= 0.6 is 0 Å². The van der Waals surface area contributed by atoms with E-state index in [9.17, 15) is 13.2 Å². The SMILES string of the molecule is COc1ccc(-c2nc(C(F)(F)F)n3ccc4cc(OC)c(OC)cc4c23)cc1OC. The Morgan fingerprint density at radius 2 is 1.39 bits per heavy atom. The smallest absolute Gasteiger partial charge is 0.450 e. The van der Waals surface area contributed by atoms with E-state index in [2.05, 4.69) is 4.98 Å². The largest absolute Gasteiger partial charge is 0.493 e. The lowest BCUT2D eigenvalue weighted by Crippen LogP contribution is -2.10. The van der Waals surface area contributed by atoms with Crippen LogP contribution in [0.5, 0.6) is 23.0 Å². The highest BCUT2D eigenvalue weighted by Gasteiger charge is 2.38. The number of hydrogen-bond acceptors (Lipinski definition) is 5.